The highest BCUT2D eigenvalue weighted by Gasteiger charge is 2.15. The number of fused-ring (bicyclic) bond motifs is 1. The van der Waals surface area contributed by atoms with Gasteiger partial charge in [-0.05, 0) is 12.0 Å². The lowest BCUT2D eigenvalue weighted by atomic mass is 10.0. The third-order valence-electron chi connectivity index (χ3n) is 4.65. The summed E-state index contributed by atoms with van der Waals surface area (Å²) in [7, 11) is 0. The van der Waals surface area contributed by atoms with Gasteiger partial charge in [-0.3, -0.25) is 14.2 Å². The molecule has 3 rings (SSSR count). The third kappa shape index (κ3) is 4.83. The summed E-state index contributed by atoms with van der Waals surface area (Å²) in [6, 6.07) is 6.70. The lowest BCUT2D eigenvalue weighted by Crippen LogP contribution is -2.18. The fraction of sp³-hybridized carbons (Fsp3) is 0.350. The molecule has 1 aromatic carbocycles. The monoisotopic (exact) mass is 412 g/mol. The third-order valence-corrected chi connectivity index (χ3v) is 4.65. The lowest BCUT2D eigenvalue weighted by molar-refractivity contribution is -0.136. The van der Waals surface area contributed by atoms with Crippen LogP contribution in [0.4, 0.5) is 11.8 Å². The number of rotatable bonds is 10. The molecule has 0 saturated heterocycles. The SMILES string of the molecule is CCCCNc1nc(N)c2[nH]c(=O)n(Cc3ccc(C(=O)CCC(=O)O)cc3)c2n1. The van der Waals surface area contributed by atoms with Gasteiger partial charge in [0, 0.05) is 18.5 Å². The van der Waals surface area contributed by atoms with Crippen molar-refractivity contribution in [3.63, 3.8) is 0 Å². The van der Waals surface area contributed by atoms with Crippen LogP contribution in [0.1, 0.15) is 48.5 Å². The van der Waals surface area contributed by atoms with Gasteiger partial charge in [0.25, 0.3) is 0 Å². The van der Waals surface area contributed by atoms with Gasteiger partial charge in [-0.2, -0.15) is 9.97 Å². The van der Waals surface area contributed by atoms with Gasteiger partial charge in [0.2, 0.25) is 5.95 Å². The molecule has 2 heterocycles. The summed E-state index contributed by atoms with van der Waals surface area (Å²) in [5.41, 5.74) is 7.61. The maximum atomic E-state index is 12.4. The van der Waals surface area contributed by atoms with Crippen LogP contribution in [0, 0.1) is 0 Å². The second-order valence-electron chi connectivity index (χ2n) is 6.94. The normalized spacial score (nSPS) is 11.0. The number of hydrogen-bond acceptors (Lipinski definition) is 7. The Bertz CT molecular complexity index is 1120. The van der Waals surface area contributed by atoms with Crippen LogP contribution >= 0.6 is 0 Å². The molecule has 0 saturated carbocycles. The largest absolute Gasteiger partial charge is 0.481 e. The first-order valence-electron chi connectivity index (χ1n) is 9.73. The Labute approximate surface area is 172 Å². The predicted molar refractivity (Wildman–Crippen MR) is 113 cm³/mol. The second-order valence-corrected chi connectivity index (χ2v) is 6.94. The minimum absolute atomic E-state index is 0.0550. The summed E-state index contributed by atoms with van der Waals surface area (Å²) >= 11 is 0. The van der Waals surface area contributed by atoms with Gasteiger partial charge in [0.15, 0.2) is 17.2 Å². The van der Waals surface area contributed by atoms with E-state index in [-0.39, 0.29) is 36.7 Å². The van der Waals surface area contributed by atoms with Gasteiger partial charge < -0.3 is 21.1 Å². The van der Waals surface area contributed by atoms with Crippen LogP contribution in [0.5, 0.6) is 0 Å². The van der Waals surface area contributed by atoms with Gasteiger partial charge in [0.05, 0.1) is 13.0 Å². The van der Waals surface area contributed by atoms with Gasteiger partial charge in [-0.1, -0.05) is 37.6 Å². The predicted octanol–water partition coefficient (Wildman–Crippen LogP) is 2.01. The molecule has 158 valence electrons. The number of carboxylic acid groups (broad SMARTS) is 1. The van der Waals surface area contributed by atoms with E-state index in [2.05, 4.69) is 27.2 Å². The van der Waals surface area contributed by atoms with Crippen LogP contribution in [0.15, 0.2) is 29.1 Å². The summed E-state index contributed by atoms with van der Waals surface area (Å²) in [6.45, 7) is 3.01. The van der Waals surface area contributed by atoms with E-state index in [9.17, 15) is 14.4 Å². The standard InChI is InChI=1S/C20H24N6O4/c1-2-3-10-22-19-24-17(21)16-18(25-19)26(20(30)23-16)11-12-4-6-13(7-5-12)14(27)8-9-15(28)29/h4-7H,2-3,8-11H2,1H3,(H,23,30)(H,28,29)(H3,21,22,24,25). The van der Waals surface area contributed by atoms with Crippen molar-refractivity contribution < 1.29 is 14.7 Å². The van der Waals surface area contributed by atoms with Crippen molar-refractivity contribution in [2.75, 3.05) is 17.6 Å². The molecule has 0 bridgehead atoms. The number of imidazole rings is 1. The molecular weight excluding hydrogens is 388 g/mol. The Morgan fingerprint density at radius 2 is 1.93 bits per heavy atom. The molecule has 0 unspecified atom stereocenters. The Balaban J connectivity index is 1.82. The number of hydrogen-bond donors (Lipinski definition) is 4. The van der Waals surface area contributed by atoms with Crippen molar-refractivity contribution in [3.8, 4) is 0 Å². The molecule has 0 spiro atoms. The molecule has 2 aromatic heterocycles. The highest BCUT2D eigenvalue weighted by Crippen LogP contribution is 2.18. The number of carbonyl (C=O) groups is 2. The number of ketones is 1. The highest BCUT2D eigenvalue weighted by molar-refractivity contribution is 5.97. The highest BCUT2D eigenvalue weighted by atomic mass is 16.4. The first kappa shape index (κ1) is 21.0. The Hall–Kier alpha value is -3.69. The number of aromatic amines is 1. The van der Waals surface area contributed by atoms with Gasteiger partial charge in [0.1, 0.15) is 5.52 Å². The van der Waals surface area contributed by atoms with Crippen molar-refractivity contribution in [2.24, 2.45) is 0 Å². The molecule has 0 aliphatic carbocycles. The number of nitrogen functional groups attached to an aromatic ring is 1. The van der Waals surface area contributed by atoms with Gasteiger partial charge in [-0.25, -0.2) is 4.79 Å². The molecule has 0 aliphatic heterocycles. The summed E-state index contributed by atoms with van der Waals surface area (Å²) in [4.78, 5) is 46.4. The quantitative estimate of drug-likeness (QED) is 0.291. The number of aromatic nitrogens is 4. The summed E-state index contributed by atoms with van der Waals surface area (Å²) in [5.74, 6) is -0.699. The number of nitrogens with zero attached hydrogens (tertiary/aromatic N) is 3. The molecule has 0 amide bonds. The first-order chi connectivity index (χ1) is 14.4. The zero-order valence-electron chi connectivity index (χ0n) is 16.6. The number of carboxylic acids is 1. The molecular formula is C20H24N6O4. The van der Waals surface area contributed by atoms with E-state index in [0.717, 1.165) is 18.4 Å². The number of nitrogens with one attached hydrogen (secondary N) is 2. The molecule has 0 fully saturated rings. The first-order valence-corrected chi connectivity index (χ1v) is 9.73. The fourth-order valence-electron chi connectivity index (χ4n) is 3.00. The van der Waals surface area contributed by atoms with E-state index in [0.29, 0.717) is 29.2 Å². The van der Waals surface area contributed by atoms with E-state index in [1.165, 1.54) is 4.57 Å². The van der Waals surface area contributed by atoms with E-state index in [1.807, 2.05) is 0 Å². The van der Waals surface area contributed by atoms with Crippen LogP contribution in [-0.2, 0) is 11.3 Å². The number of aliphatic carboxylic acids is 1. The summed E-state index contributed by atoms with van der Waals surface area (Å²) in [6.07, 6.45) is 1.72. The molecule has 0 atom stereocenters. The van der Waals surface area contributed by atoms with Crippen LogP contribution in [0.3, 0.4) is 0 Å². The Morgan fingerprint density at radius 1 is 1.20 bits per heavy atom. The smallest absolute Gasteiger partial charge is 0.328 e. The number of unbranched alkanes of at least 4 members (excludes halogenated alkanes) is 1. The molecule has 10 nitrogen and oxygen atoms in total. The van der Waals surface area contributed by atoms with Crippen molar-refractivity contribution in [1.82, 2.24) is 19.5 Å². The molecule has 30 heavy (non-hydrogen) atoms. The summed E-state index contributed by atoms with van der Waals surface area (Å²) < 4.78 is 1.46. The van der Waals surface area contributed by atoms with Crippen LogP contribution in [0.25, 0.3) is 11.2 Å². The van der Waals surface area contributed by atoms with Crippen molar-refractivity contribution in [2.45, 2.75) is 39.2 Å². The number of nitrogens with two attached hydrogens (primary N) is 1. The zero-order valence-corrected chi connectivity index (χ0v) is 16.6. The number of anilines is 2. The minimum Gasteiger partial charge on any atom is -0.481 e. The van der Waals surface area contributed by atoms with Crippen LogP contribution in [0.2, 0.25) is 0 Å². The molecule has 3 aromatic rings. The van der Waals surface area contributed by atoms with Gasteiger partial charge >= 0.3 is 11.7 Å². The van der Waals surface area contributed by atoms with E-state index in [1.54, 1.807) is 24.3 Å². The maximum absolute atomic E-state index is 12.4. The van der Waals surface area contributed by atoms with Crippen molar-refractivity contribution in [1.29, 1.82) is 0 Å². The lowest BCUT2D eigenvalue weighted by Gasteiger charge is -2.08. The zero-order chi connectivity index (χ0) is 21.7. The van der Waals surface area contributed by atoms with Gasteiger partial charge in [-0.15, -0.1) is 0 Å². The number of carbonyl (C=O) groups excluding carboxylic acids is 1. The molecule has 0 radical (unpaired) electrons. The van der Waals surface area contributed by atoms with Crippen LogP contribution in [-0.4, -0.2) is 42.9 Å². The van der Waals surface area contributed by atoms with Crippen LogP contribution < -0.4 is 16.7 Å². The maximum Gasteiger partial charge on any atom is 0.328 e. The molecule has 5 N–H and O–H groups in total. The Morgan fingerprint density at radius 3 is 2.60 bits per heavy atom. The van der Waals surface area contributed by atoms with E-state index < -0.39 is 5.97 Å². The fourth-order valence-corrected chi connectivity index (χ4v) is 3.00. The molecule has 10 heteroatoms. The number of H-pyrrole nitrogens is 1. The number of Topliss-reactive ketones (excluding diaryl/α,β-unsaturated/α-hetero) is 1. The topological polar surface area (TPSA) is 156 Å². The average molecular weight is 412 g/mol. The van der Waals surface area contributed by atoms with E-state index in [4.69, 9.17) is 10.8 Å². The Kier molecular flexibility index (Phi) is 6.45. The second kappa shape index (κ2) is 9.21. The van der Waals surface area contributed by atoms with Crippen molar-refractivity contribution >= 4 is 34.7 Å². The van der Waals surface area contributed by atoms with Crippen molar-refractivity contribution in [3.05, 3.63) is 45.9 Å². The summed E-state index contributed by atoms with van der Waals surface area (Å²) in [5, 5.41) is 11.8. The minimum atomic E-state index is -1.01. The average Bonchev–Trinajstić information content (AvgIpc) is 3.03. The number of benzene rings is 1. The molecule has 0 aliphatic rings. The van der Waals surface area contributed by atoms with E-state index >= 15 is 0 Å².